The third-order valence-corrected chi connectivity index (χ3v) is 3.26. The lowest BCUT2D eigenvalue weighted by Gasteiger charge is -2.14. The second kappa shape index (κ2) is 6.57. The van der Waals surface area contributed by atoms with Crippen LogP contribution in [-0.2, 0) is 6.61 Å². The van der Waals surface area contributed by atoms with E-state index in [0.29, 0.717) is 16.3 Å². The zero-order chi connectivity index (χ0) is 15.4. The predicted octanol–water partition coefficient (Wildman–Crippen LogP) is 3.95. The molecule has 3 nitrogen and oxygen atoms in total. The molecule has 0 aromatic heterocycles. The van der Waals surface area contributed by atoms with Crippen molar-refractivity contribution in [1.82, 2.24) is 0 Å². The van der Waals surface area contributed by atoms with Gasteiger partial charge in [0.1, 0.15) is 18.2 Å². The predicted molar refractivity (Wildman–Crippen MR) is 79.5 cm³/mol. The van der Waals surface area contributed by atoms with Crippen LogP contribution in [0.25, 0.3) is 0 Å². The van der Waals surface area contributed by atoms with Crippen LogP contribution in [0.15, 0.2) is 36.4 Å². The van der Waals surface area contributed by atoms with Crippen molar-refractivity contribution in [2.24, 2.45) is 5.73 Å². The maximum Gasteiger partial charge on any atom is 0.131 e. The standard InChI is InChI=1S/C16H14ClFN2O/c1-10(20)14-7-13(17)4-5-16(14)21-9-12-3-2-11(8-19)6-15(12)18/h2-7,10H,9,20H2,1H3/t10-/m1/s1. The van der Waals surface area contributed by atoms with Crippen LogP contribution in [0.4, 0.5) is 4.39 Å². The lowest BCUT2D eigenvalue weighted by molar-refractivity contribution is 0.295. The van der Waals surface area contributed by atoms with Crippen LogP contribution in [0.5, 0.6) is 5.75 Å². The van der Waals surface area contributed by atoms with E-state index in [9.17, 15) is 4.39 Å². The van der Waals surface area contributed by atoms with E-state index in [4.69, 9.17) is 27.3 Å². The maximum atomic E-state index is 13.8. The summed E-state index contributed by atoms with van der Waals surface area (Å²) in [6.07, 6.45) is 0. The molecule has 0 amide bonds. The van der Waals surface area contributed by atoms with Crippen molar-refractivity contribution in [3.8, 4) is 11.8 Å². The van der Waals surface area contributed by atoms with Gasteiger partial charge in [0, 0.05) is 22.2 Å². The van der Waals surface area contributed by atoms with Crippen molar-refractivity contribution in [3.63, 3.8) is 0 Å². The largest absolute Gasteiger partial charge is 0.488 e. The lowest BCUT2D eigenvalue weighted by Crippen LogP contribution is -2.08. The fourth-order valence-corrected chi connectivity index (χ4v) is 2.08. The Balaban J connectivity index is 2.19. The zero-order valence-electron chi connectivity index (χ0n) is 11.4. The van der Waals surface area contributed by atoms with Crippen molar-refractivity contribution < 1.29 is 9.13 Å². The molecule has 0 fully saturated rings. The average molecular weight is 305 g/mol. The minimum Gasteiger partial charge on any atom is -0.488 e. The second-order valence-corrected chi connectivity index (χ2v) is 5.11. The average Bonchev–Trinajstić information content (AvgIpc) is 2.46. The summed E-state index contributed by atoms with van der Waals surface area (Å²) in [5.41, 5.74) is 7.28. The number of ether oxygens (including phenoxy) is 1. The van der Waals surface area contributed by atoms with Gasteiger partial charge < -0.3 is 10.5 Å². The Kier molecular flexibility index (Phi) is 4.79. The number of benzene rings is 2. The van der Waals surface area contributed by atoms with E-state index in [0.717, 1.165) is 5.56 Å². The first-order valence-corrected chi connectivity index (χ1v) is 6.75. The molecule has 0 aliphatic carbocycles. The van der Waals surface area contributed by atoms with Gasteiger partial charge >= 0.3 is 0 Å². The molecule has 21 heavy (non-hydrogen) atoms. The Morgan fingerprint density at radius 2 is 2.10 bits per heavy atom. The van der Waals surface area contributed by atoms with Gasteiger partial charge in [0.05, 0.1) is 11.6 Å². The molecule has 0 radical (unpaired) electrons. The zero-order valence-corrected chi connectivity index (χ0v) is 12.2. The molecule has 0 saturated carbocycles. The molecule has 0 saturated heterocycles. The third-order valence-electron chi connectivity index (χ3n) is 3.03. The van der Waals surface area contributed by atoms with E-state index in [1.165, 1.54) is 12.1 Å². The first-order valence-electron chi connectivity index (χ1n) is 6.37. The van der Waals surface area contributed by atoms with E-state index < -0.39 is 5.82 Å². The van der Waals surface area contributed by atoms with Gasteiger partial charge in [-0.2, -0.15) is 5.26 Å². The number of rotatable bonds is 4. The van der Waals surface area contributed by atoms with Crippen LogP contribution in [0.3, 0.4) is 0 Å². The third kappa shape index (κ3) is 3.72. The normalized spacial score (nSPS) is 11.8. The first-order chi connectivity index (χ1) is 10.0. The highest BCUT2D eigenvalue weighted by atomic mass is 35.5. The Hall–Kier alpha value is -2.09. The molecule has 5 heteroatoms. The molecule has 2 aromatic carbocycles. The molecule has 0 unspecified atom stereocenters. The molecule has 2 N–H and O–H groups in total. The Morgan fingerprint density at radius 3 is 2.71 bits per heavy atom. The molecule has 0 heterocycles. The van der Waals surface area contributed by atoms with Gasteiger partial charge in [-0.25, -0.2) is 4.39 Å². The number of hydrogen-bond donors (Lipinski definition) is 1. The van der Waals surface area contributed by atoms with Gasteiger partial charge in [-0.3, -0.25) is 0 Å². The van der Waals surface area contributed by atoms with E-state index in [1.807, 2.05) is 13.0 Å². The maximum absolute atomic E-state index is 13.8. The fraction of sp³-hybridized carbons (Fsp3) is 0.188. The molecule has 0 spiro atoms. The number of nitrogens with zero attached hydrogens (tertiary/aromatic N) is 1. The molecule has 108 valence electrons. The van der Waals surface area contributed by atoms with Crippen molar-refractivity contribution in [3.05, 3.63) is 63.9 Å². The minimum atomic E-state index is -0.467. The molecular weight excluding hydrogens is 291 g/mol. The van der Waals surface area contributed by atoms with Crippen molar-refractivity contribution in [2.45, 2.75) is 19.6 Å². The summed E-state index contributed by atoms with van der Waals surface area (Å²) >= 11 is 5.93. The van der Waals surface area contributed by atoms with E-state index >= 15 is 0 Å². The van der Waals surface area contributed by atoms with Gasteiger partial charge in [0.2, 0.25) is 0 Å². The van der Waals surface area contributed by atoms with Gasteiger partial charge in [-0.15, -0.1) is 0 Å². The fourth-order valence-electron chi connectivity index (χ4n) is 1.90. The number of hydrogen-bond acceptors (Lipinski definition) is 3. The quantitative estimate of drug-likeness (QED) is 0.930. The minimum absolute atomic E-state index is 0.0545. The summed E-state index contributed by atoms with van der Waals surface area (Å²) in [7, 11) is 0. The highest BCUT2D eigenvalue weighted by Crippen LogP contribution is 2.28. The van der Waals surface area contributed by atoms with Crippen molar-refractivity contribution >= 4 is 11.6 Å². The van der Waals surface area contributed by atoms with Crippen LogP contribution in [0.2, 0.25) is 5.02 Å². The van der Waals surface area contributed by atoms with E-state index in [2.05, 4.69) is 0 Å². The van der Waals surface area contributed by atoms with E-state index in [1.54, 1.807) is 24.3 Å². The summed E-state index contributed by atoms with van der Waals surface area (Å²) in [5.74, 6) is 0.100. The van der Waals surface area contributed by atoms with Crippen LogP contribution < -0.4 is 10.5 Å². The topological polar surface area (TPSA) is 59.0 Å². The summed E-state index contributed by atoms with van der Waals surface area (Å²) in [6.45, 7) is 1.87. The lowest BCUT2D eigenvalue weighted by atomic mass is 10.1. The molecule has 0 aliphatic heterocycles. The number of halogens is 2. The molecule has 2 aromatic rings. The highest BCUT2D eigenvalue weighted by molar-refractivity contribution is 6.30. The highest BCUT2D eigenvalue weighted by Gasteiger charge is 2.11. The summed E-state index contributed by atoms with van der Waals surface area (Å²) < 4.78 is 19.4. The SMILES string of the molecule is C[C@@H](N)c1cc(Cl)ccc1OCc1ccc(C#N)cc1F. The number of nitrogens with two attached hydrogens (primary N) is 1. The van der Waals surface area contributed by atoms with E-state index in [-0.39, 0.29) is 18.2 Å². The van der Waals surface area contributed by atoms with Crippen LogP contribution in [0, 0.1) is 17.1 Å². The summed E-state index contributed by atoms with van der Waals surface area (Å²) in [5, 5.41) is 9.28. The monoisotopic (exact) mass is 304 g/mol. The second-order valence-electron chi connectivity index (χ2n) is 4.68. The first kappa shape index (κ1) is 15.3. The smallest absolute Gasteiger partial charge is 0.131 e. The Morgan fingerprint density at radius 1 is 1.33 bits per heavy atom. The molecule has 1 atom stereocenters. The summed E-state index contributed by atoms with van der Waals surface area (Å²) in [4.78, 5) is 0. The van der Waals surface area contributed by atoms with Gasteiger partial charge in [0.25, 0.3) is 0 Å². The van der Waals surface area contributed by atoms with Crippen LogP contribution in [-0.4, -0.2) is 0 Å². The van der Waals surface area contributed by atoms with Gasteiger partial charge in [-0.05, 0) is 37.3 Å². The molecular formula is C16H14ClFN2O. The summed E-state index contributed by atoms with van der Waals surface area (Å²) in [6, 6.07) is 11.1. The van der Waals surface area contributed by atoms with Gasteiger partial charge in [-0.1, -0.05) is 17.7 Å². The van der Waals surface area contributed by atoms with Crippen molar-refractivity contribution in [2.75, 3.05) is 0 Å². The number of nitriles is 1. The van der Waals surface area contributed by atoms with Crippen LogP contribution in [0.1, 0.15) is 29.7 Å². The van der Waals surface area contributed by atoms with Gasteiger partial charge in [0.15, 0.2) is 0 Å². The Bertz CT molecular complexity index is 695. The Labute approximate surface area is 127 Å². The molecule has 2 rings (SSSR count). The molecule has 0 bridgehead atoms. The van der Waals surface area contributed by atoms with Crippen LogP contribution >= 0.6 is 11.6 Å². The van der Waals surface area contributed by atoms with Crippen molar-refractivity contribution in [1.29, 1.82) is 5.26 Å². The molecule has 0 aliphatic rings.